The minimum Gasteiger partial charge on any atom is -0.491 e. The normalized spacial score (nSPS) is 11.2. The Balaban J connectivity index is 1.99. The van der Waals surface area contributed by atoms with E-state index in [4.69, 9.17) is 9.84 Å². The molecule has 2 N–H and O–H groups in total. The summed E-state index contributed by atoms with van der Waals surface area (Å²) in [5.74, 6) is -0.171. The van der Waals surface area contributed by atoms with E-state index < -0.39 is 15.9 Å². The molecule has 0 fully saturated rings. The van der Waals surface area contributed by atoms with Gasteiger partial charge in [0.05, 0.1) is 19.4 Å². The fourth-order valence-electron chi connectivity index (χ4n) is 2.87. The molecule has 8 nitrogen and oxygen atoms in total. The molecule has 0 aliphatic rings. The van der Waals surface area contributed by atoms with Crippen LogP contribution in [0.15, 0.2) is 54.6 Å². The van der Waals surface area contributed by atoms with Crippen LogP contribution in [0.2, 0.25) is 0 Å². The van der Waals surface area contributed by atoms with E-state index in [0.29, 0.717) is 22.3 Å². The Kier molecular flexibility index (Phi) is 7.26. The van der Waals surface area contributed by atoms with Gasteiger partial charge in [0, 0.05) is 16.6 Å². The number of hydrogen-bond donors (Lipinski definition) is 2. The van der Waals surface area contributed by atoms with Crippen LogP contribution in [-0.2, 0) is 16.6 Å². The number of sulfonamides is 1. The number of rotatable bonds is 9. The van der Waals surface area contributed by atoms with Crippen LogP contribution in [0.4, 0.5) is 10.8 Å². The van der Waals surface area contributed by atoms with E-state index >= 15 is 0 Å². The summed E-state index contributed by atoms with van der Waals surface area (Å²) in [5.41, 5.74) is 1.87. The number of carbonyl (C=O) groups is 1. The van der Waals surface area contributed by atoms with Crippen LogP contribution in [-0.4, -0.2) is 43.9 Å². The lowest BCUT2D eigenvalue weighted by Crippen LogP contribution is -2.30. The quantitative estimate of drug-likeness (QED) is 0.504. The molecule has 0 saturated heterocycles. The smallest absolute Gasteiger partial charge is 0.284 e. The van der Waals surface area contributed by atoms with Crippen molar-refractivity contribution in [2.45, 2.75) is 13.5 Å². The third-order valence-corrected chi connectivity index (χ3v) is 5.73. The number of thiazole rings is 1. The summed E-state index contributed by atoms with van der Waals surface area (Å²) in [6.45, 7) is 2.28. The van der Waals surface area contributed by atoms with Gasteiger partial charge in [-0.2, -0.15) is 0 Å². The molecular formula is C21H23N3O5S2. The molecule has 164 valence electrons. The van der Waals surface area contributed by atoms with Crippen LogP contribution in [0.5, 0.6) is 5.75 Å². The summed E-state index contributed by atoms with van der Waals surface area (Å²) in [4.78, 5) is 19.3. The Hall–Kier alpha value is -2.95. The average Bonchev–Trinajstić information content (AvgIpc) is 3.12. The number of benzene rings is 2. The van der Waals surface area contributed by atoms with Crippen molar-refractivity contribution < 1.29 is 23.1 Å². The SMILES string of the molecule is Cc1sc(N(Cc2ccccc2)c2cccc(OCCO)c2)nc1C(=O)NS(C)(=O)=O. The van der Waals surface area contributed by atoms with Gasteiger partial charge in [-0.15, -0.1) is 11.3 Å². The molecule has 0 aliphatic carbocycles. The molecule has 1 amide bonds. The molecule has 31 heavy (non-hydrogen) atoms. The first-order valence-corrected chi connectivity index (χ1v) is 12.1. The van der Waals surface area contributed by atoms with Crippen LogP contribution in [0.1, 0.15) is 20.9 Å². The second-order valence-corrected chi connectivity index (χ2v) is 9.68. The summed E-state index contributed by atoms with van der Waals surface area (Å²) in [7, 11) is -3.70. The van der Waals surface area contributed by atoms with Crippen molar-refractivity contribution in [3.63, 3.8) is 0 Å². The van der Waals surface area contributed by atoms with Crippen LogP contribution in [0, 0.1) is 6.92 Å². The molecular weight excluding hydrogens is 438 g/mol. The maximum atomic E-state index is 12.4. The van der Waals surface area contributed by atoms with E-state index in [1.54, 1.807) is 13.0 Å². The van der Waals surface area contributed by atoms with Crippen molar-refractivity contribution >= 4 is 38.1 Å². The predicted octanol–water partition coefficient (Wildman–Crippen LogP) is 2.85. The minimum atomic E-state index is -3.70. The predicted molar refractivity (Wildman–Crippen MR) is 120 cm³/mol. The van der Waals surface area contributed by atoms with Crippen molar-refractivity contribution in [1.82, 2.24) is 9.71 Å². The molecule has 3 rings (SSSR count). The number of aliphatic hydroxyl groups excluding tert-OH is 1. The van der Waals surface area contributed by atoms with Gasteiger partial charge in [0.2, 0.25) is 10.0 Å². The van der Waals surface area contributed by atoms with E-state index in [2.05, 4.69) is 4.98 Å². The van der Waals surface area contributed by atoms with Crippen LogP contribution < -0.4 is 14.4 Å². The van der Waals surface area contributed by atoms with Gasteiger partial charge >= 0.3 is 0 Å². The Bertz CT molecular complexity index is 1150. The van der Waals surface area contributed by atoms with Crippen molar-refractivity contribution in [3.05, 3.63) is 70.7 Å². The minimum absolute atomic E-state index is 0.0659. The van der Waals surface area contributed by atoms with Gasteiger partial charge in [0.15, 0.2) is 5.13 Å². The highest BCUT2D eigenvalue weighted by molar-refractivity contribution is 7.89. The Labute approximate surface area is 185 Å². The van der Waals surface area contributed by atoms with E-state index in [9.17, 15) is 13.2 Å². The van der Waals surface area contributed by atoms with Crippen LogP contribution in [0.3, 0.4) is 0 Å². The lowest BCUT2D eigenvalue weighted by Gasteiger charge is -2.23. The second-order valence-electron chi connectivity index (χ2n) is 6.75. The number of aryl methyl sites for hydroxylation is 1. The van der Waals surface area contributed by atoms with Crippen molar-refractivity contribution in [2.75, 3.05) is 24.4 Å². The van der Waals surface area contributed by atoms with Gasteiger partial charge in [-0.25, -0.2) is 18.1 Å². The van der Waals surface area contributed by atoms with Crippen molar-refractivity contribution in [1.29, 1.82) is 0 Å². The summed E-state index contributed by atoms with van der Waals surface area (Å²) in [6.07, 6.45) is 0.924. The standard InChI is InChI=1S/C21H23N3O5S2/c1-15-19(20(26)23-31(2,27)28)22-21(30-15)24(14-16-7-4-3-5-8-16)17-9-6-10-18(13-17)29-12-11-25/h3-10,13,25H,11-12,14H2,1-2H3,(H,23,26). The molecule has 0 aliphatic heterocycles. The van der Waals surface area contributed by atoms with E-state index in [-0.39, 0.29) is 18.9 Å². The highest BCUT2D eigenvalue weighted by Gasteiger charge is 2.22. The maximum absolute atomic E-state index is 12.4. The van der Waals surface area contributed by atoms with Crippen LogP contribution >= 0.6 is 11.3 Å². The molecule has 0 unspecified atom stereocenters. The largest absolute Gasteiger partial charge is 0.491 e. The number of anilines is 2. The van der Waals surface area contributed by atoms with Gasteiger partial charge in [0.1, 0.15) is 18.1 Å². The molecule has 3 aromatic rings. The molecule has 0 spiro atoms. The number of carbonyl (C=O) groups excluding carboxylic acids is 1. The summed E-state index contributed by atoms with van der Waals surface area (Å²) < 4.78 is 30.4. The van der Waals surface area contributed by atoms with Gasteiger partial charge in [0.25, 0.3) is 5.91 Å². The zero-order valence-corrected chi connectivity index (χ0v) is 18.7. The molecule has 0 saturated carbocycles. The number of aromatic nitrogens is 1. The molecule has 0 bridgehead atoms. The third kappa shape index (κ3) is 6.27. The van der Waals surface area contributed by atoms with Gasteiger partial charge in [-0.1, -0.05) is 36.4 Å². The number of nitrogens with one attached hydrogen (secondary N) is 1. The zero-order valence-electron chi connectivity index (χ0n) is 17.1. The highest BCUT2D eigenvalue weighted by Crippen LogP contribution is 2.34. The molecule has 2 aromatic carbocycles. The van der Waals surface area contributed by atoms with Gasteiger partial charge in [-0.05, 0) is 24.6 Å². The average molecular weight is 462 g/mol. The summed E-state index contributed by atoms with van der Waals surface area (Å²) in [5, 5.41) is 9.56. The topological polar surface area (TPSA) is 109 Å². The van der Waals surface area contributed by atoms with Gasteiger partial charge in [-0.3, -0.25) is 4.79 Å². The number of ether oxygens (including phenoxy) is 1. The zero-order chi connectivity index (χ0) is 22.4. The Morgan fingerprint density at radius 2 is 1.94 bits per heavy atom. The fourth-order valence-corrected chi connectivity index (χ4v) is 4.22. The monoisotopic (exact) mass is 461 g/mol. The van der Waals surface area contributed by atoms with Crippen molar-refractivity contribution in [3.8, 4) is 5.75 Å². The molecule has 1 heterocycles. The van der Waals surface area contributed by atoms with Crippen molar-refractivity contribution in [2.24, 2.45) is 0 Å². The number of hydrogen-bond acceptors (Lipinski definition) is 8. The first-order chi connectivity index (χ1) is 14.8. The fraction of sp³-hybridized carbons (Fsp3) is 0.238. The summed E-state index contributed by atoms with van der Waals surface area (Å²) >= 11 is 1.29. The number of nitrogens with zero attached hydrogens (tertiary/aromatic N) is 2. The van der Waals surface area contributed by atoms with E-state index in [0.717, 1.165) is 17.5 Å². The first kappa shape index (κ1) is 22.7. The molecule has 0 radical (unpaired) electrons. The highest BCUT2D eigenvalue weighted by atomic mass is 32.2. The lowest BCUT2D eigenvalue weighted by atomic mass is 10.2. The first-order valence-electron chi connectivity index (χ1n) is 9.41. The summed E-state index contributed by atoms with van der Waals surface area (Å²) in [6, 6.07) is 17.1. The number of aliphatic hydroxyl groups is 1. The third-order valence-electron chi connectivity index (χ3n) is 4.18. The molecule has 1 aromatic heterocycles. The maximum Gasteiger partial charge on any atom is 0.284 e. The van der Waals surface area contributed by atoms with E-state index in [1.807, 2.05) is 58.2 Å². The molecule has 10 heteroatoms. The lowest BCUT2D eigenvalue weighted by molar-refractivity contribution is 0.0977. The second kappa shape index (κ2) is 9.90. The van der Waals surface area contributed by atoms with Crippen LogP contribution in [0.25, 0.3) is 0 Å². The van der Waals surface area contributed by atoms with Gasteiger partial charge < -0.3 is 14.7 Å². The Morgan fingerprint density at radius 1 is 1.19 bits per heavy atom. The van der Waals surface area contributed by atoms with E-state index in [1.165, 1.54) is 11.3 Å². The molecule has 0 atom stereocenters. The number of amides is 1. The Morgan fingerprint density at radius 3 is 2.61 bits per heavy atom.